The minimum atomic E-state index is -4.16. The molecule has 0 fully saturated rings. The minimum absolute atomic E-state index is 0.0322. The zero-order chi connectivity index (χ0) is 20.0. The van der Waals surface area contributed by atoms with Crippen molar-refractivity contribution in [3.63, 3.8) is 0 Å². The van der Waals surface area contributed by atoms with Crippen LogP contribution in [-0.2, 0) is 14.8 Å². The van der Waals surface area contributed by atoms with E-state index in [9.17, 15) is 18.0 Å². The number of methoxy groups -OCH3 is 1. The van der Waals surface area contributed by atoms with Crippen LogP contribution in [0, 0.1) is 6.92 Å². The van der Waals surface area contributed by atoms with Crippen molar-refractivity contribution in [2.75, 3.05) is 23.6 Å². The number of benzene rings is 1. The van der Waals surface area contributed by atoms with E-state index in [2.05, 4.69) is 25.6 Å². The summed E-state index contributed by atoms with van der Waals surface area (Å²) in [5, 5.41) is 4.65. The third-order valence-corrected chi connectivity index (χ3v) is 4.52. The number of nitrogens with zero attached hydrogens (tertiary/aromatic N) is 3. The fourth-order valence-corrected chi connectivity index (χ4v) is 2.80. The molecule has 3 amide bonds. The van der Waals surface area contributed by atoms with Crippen LogP contribution in [0.25, 0.3) is 0 Å². The number of nitrogens with one attached hydrogen (secondary N) is 3. The second kappa shape index (κ2) is 8.60. The summed E-state index contributed by atoms with van der Waals surface area (Å²) in [5.74, 6) is -0.572. The highest BCUT2D eigenvalue weighted by atomic mass is 35.5. The van der Waals surface area contributed by atoms with Crippen LogP contribution in [0.3, 0.4) is 0 Å². The number of carbonyl (C=O) groups is 2. The molecular weight excluding hydrogens is 400 g/mol. The maximum atomic E-state index is 12.3. The lowest BCUT2D eigenvalue weighted by atomic mass is 10.3. The molecule has 3 N–H and O–H groups in total. The molecule has 0 unspecified atom stereocenters. The smallest absolute Gasteiger partial charge is 0.335 e. The summed E-state index contributed by atoms with van der Waals surface area (Å²) < 4.78 is 31.2. The summed E-state index contributed by atoms with van der Waals surface area (Å²) in [5.41, 5.74) is 0.358. The highest BCUT2D eigenvalue weighted by molar-refractivity contribution is 7.90. The number of urea groups is 1. The molecule has 13 heteroatoms. The Morgan fingerprint density at radius 3 is 2.37 bits per heavy atom. The van der Waals surface area contributed by atoms with E-state index in [1.54, 1.807) is 6.92 Å². The zero-order valence-corrected chi connectivity index (χ0v) is 15.8. The number of halogens is 1. The summed E-state index contributed by atoms with van der Waals surface area (Å²) in [6, 6.07) is 4.05. The quantitative estimate of drug-likeness (QED) is 0.589. The van der Waals surface area contributed by atoms with E-state index in [0.717, 1.165) is 0 Å². The minimum Gasteiger partial charge on any atom is -0.467 e. The molecule has 0 bridgehead atoms. The number of rotatable bonds is 6. The van der Waals surface area contributed by atoms with Crippen molar-refractivity contribution in [1.82, 2.24) is 19.7 Å². The molecule has 2 rings (SSSR count). The fraction of sp³-hybridized carbons (Fsp3) is 0.214. The van der Waals surface area contributed by atoms with Gasteiger partial charge >= 0.3 is 12.0 Å². The third kappa shape index (κ3) is 5.76. The molecule has 0 aliphatic rings. The first-order valence-corrected chi connectivity index (χ1v) is 9.31. The molecule has 0 atom stereocenters. The van der Waals surface area contributed by atoms with E-state index >= 15 is 0 Å². The van der Waals surface area contributed by atoms with Crippen LogP contribution in [0.15, 0.2) is 29.2 Å². The van der Waals surface area contributed by atoms with Gasteiger partial charge in [0.2, 0.25) is 11.9 Å². The number of aryl methyl sites for hydroxylation is 1. The summed E-state index contributed by atoms with van der Waals surface area (Å²) in [4.78, 5) is 34.4. The number of hydrogen-bond acceptors (Lipinski definition) is 8. The molecule has 1 aromatic heterocycles. The maximum absolute atomic E-state index is 12.3. The monoisotopic (exact) mass is 414 g/mol. The average Bonchev–Trinajstić information content (AvgIpc) is 2.60. The molecule has 2 aromatic rings. The van der Waals surface area contributed by atoms with Crippen LogP contribution in [0.2, 0.25) is 0 Å². The molecule has 0 saturated heterocycles. The van der Waals surface area contributed by atoms with Gasteiger partial charge in [-0.25, -0.2) is 17.9 Å². The van der Waals surface area contributed by atoms with Crippen molar-refractivity contribution < 1.29 is 22.7 Å². The van der Waals surface area contributed by atoms with Gasteiger partial charge < -0.3 is 10.1 Å². The highest BCUT2D eigenvalue weighted by Gasteiger charge is 2.19. The zero-order valence-electron chi connectivity index (χ0n) is 14.2. The second-order valence-electron chi connectivity index (χ2n) is 4.96. The summed E-state index contributed by atoms with van der Waals surface area (Å²) in [6.07, 6.45) is 0. The molecule has 1 aromatic carbocycles. The van der Waals surface area contributed by atoms with Crippen molar-refractivity contribution in [2.24, 2.45) is 0 Å². The number of carbonyl (C=O) groups excluding carboxylic acids is 2. The molecule has 27 heavy (non-hydrogen) atoms. The molecule has 0 radical (unpaired) electrons. The second-order valence-corrected chi connectivity index (χ2v) is 6.91. The number of aromatic nitrogens is 3. The Bertz CT molecular complexity index is 951. The molecule has 0 aliphatic carbocycles. The van der Waals surface area contributed by atoms with Gasteiger partial charge in [-0.3, -0.25) is 10.1 Å². The summed E-state index contributed by atoms with van der Waals surface area (Å²) in [7, 11) is -2.82. The fourth-order valence-electron chi connectivity index (χ4n) is 1.82. The Balaban J connectivity index is 2.08. The van der Waals surface area contributed by atoms with Crippen molar-refractivity contribution in [3.05, 3.63) is 30.1 Å². The average molecular weight is 415 g/mol. The standard InChI is InChI=1S/C14H15ClN6O5S/c1-8-16-12(20-14(17-8)26-2)19-13(23)21-27(24,25)10-5-3-9(4-6-10)18-11(22)7-15/h3-6H,7H2,1-2H3,(H,18,22)(H2,16,17,19,20,21,23). The number of anilines is 2. The third-order valence-electron chi connectivity index (χ3n) is 2.93. The van der Waals surface area contributed by atoms with E-state index in [4.69, 9.17) is 16.3 Å². The first-order valence-electron chi connectivity index (χ1n) is 7.30. The predicted octanol–water partition coefficient (Wildman–Crippen LogP) is 0.876. The van der Waals surface area contributed by atoms with E-state index < -0.39 is 22.0 Å². The van der Waals surface area contributed by atoms with Crippen molar-refractivity contribution >= 4 is 45.2 Å². The molecule has 0 aliphatic heterocycles. The van der Waals surface area contributed by atoms with Gasteiger partial charge in [0.15, 0.2) is 0 Å². The van der Waals surface area contributed by atoms with Crippen LogP contribution in [0.4, 0.5) is 16.4 Å². The van der Waals surface area contributed by atoms with Crippen LogP contribution in [0.5, 0.6) is 6.01 Å². The normalized spacial score (nSPS) is 10.8. The Hall–Kier alpha value is -2.99. The first-order chi connectivity index (χ1) is 12.7. The van der Waals surface area contributed by atoms with Crippen LogP contribution < -0.4 is 20.1 Å². The van der Waals surface area contributed by atoms with Gasteiger partial charge in [-0.15, -0.1) is 11.6 Å². The maximum Gasteiger partial charge on any atom is 0.335 e. The van der Waals surface area contributed by atoms with E-state index in [1.165, 1.54) is 31.4 Å². The number of alkyl halides is 1. The number of hydrogen-bond donors (Lipinski definition) is 3. The van der Waals surface area contributed by atoms with Gasteiger partial charge in [0.05, 0.1) is 12.0 Å². The SMILES string of the molecule is COc1nc(C)nc(NC(=O)NS(=O)(=O)c2ccc(NC(=O)CCl)cc2)n1. The number of ether oxygens (including phenoxy) is 1. The summed E-state index contributed by atoms with van der Waals surface area (Å²) >= 11 is 5.37. The Morgan fingerprint density at radius 2 is 1.78 bits per heavy atom. The number of sulfonamides is 1. The largest absolute Gasteiger partial charge is 0.467 e. The molecule has 144 valence electrons. The van der Waals surface area contributed by atoms with Gasteiger partial charge in [-0.05, 0) is 31.2 Å². The Kier molecular flexibility index (Phi) is 6.47. The Labute approximate surface area is 159 Å². The molecule has 0 saturated carbocycles. The Morgan fingerprint density at radius 1 is 1.11 bits per heavy atom. The van der Waals surface area contributed by atoms with E-state index in [0.29, 0.717) is 5.69 Å². The van der Waals surface area contributed by atoms with Gasteiger partial charge in [0.25, 0.3) is 10.0 Å². The van der Waals surface area contributed by atoms with Gasteiger partial charge in [0, 0.05) is 5.69 Å². The van der Waals surface area contributed by atoms with Gasteiger partial charge in [-0.1, -0.05) is 0 Å². The van der Waals surface area contributed by atoms with E-state index in [-0.39, 0.29) is 28.6 Å². The lowest BCUT2D eigenvalue weighted by molar-refractivity contribution is -0.113. The first kappa shape index (κ1) is 20.3. The molecular formula is C14H15ClN6O5S. The highest BCUT2D eigenvalue weighted by Crippen LogP contribution is 2.14. The van der Waals surface area contributed by atoms with Crippen LogP contribution in [0.1, 0.15) is 5.82 Å². The van der Waals surface area contributed by atoms with E-state index in [1.807, 2.05) is 4.72 Å². The van der Waals surface area contributed by atoms with Crippen molar-refractivity contribution in [1.29, 1.82) is 0 Å². The molecule has 0 spiro atoms. The lowest BCUT2D eigenvalue weighted by Gasteiger charge is -2.09. The summed E-state index contributed by atoms with van der Waals surface area (Å²) in [6.45, 7) is 1.55. The van der Waals surface area contributed by atoms with Crippen LogP contribution in [-0.4, -0.2) is 48.3 Å². The van der Waals surface area contributed by atoms with Crippen LogP contribution >= 0.6 is 11.6 Å². The van der Waals surface area contributed by atoms with Crippen molar-refractivity contribution in [2.45, 2.75) is 11.8 Å². The van der Waals surface area contributed by atoms with Crippen molar-refractivity contribution in [3.8, 4) is 6.01 Å². The van der Waals surface area contributed by atoms with Gasteiger partial charge in [-0.2, -0.15) is 15.0 Å². The lowest BCUT2D eigenvalue weighted by Crippen LogP contribution is -2.35. The topological polar surface area (TPSA) is 152 Å². The number of amides is 3. The molecule has 11 nitrogen and oxygen atoms in total. The predicted molar refractivity (Wildman–Crippen MR) is 96.2 cm³/mol. The molecule has 1 heterocycles. The van der Waals surface area contributed by atoms with Gasteiger partial charge in [0.1, 0.15) is 11.7 Å².